The van der Waals surface area contributed by atoms with E-state index in [4.69, 9.17) is 0 Å². The summed E-state index contributed by atoms with van der Waals surface area (Å²) in [5, 5.41) is 7.16. The Labute approximate surface area is 113 Å². The van der Waals surface area contributed by atoms with E-state index in [0.717, 1.165) is 23.1 Å². The Morgan fingerprint density at radius 3 is 2.84 bits per heavy atom. The van der Waals surface area contributed by atoms with Crippen LogP contribution in [0, 0.1) is 11.6 Å². The molecule has 0 spiro atoms. The minimum atomic E-state index is -0.590. The number of benzene rings is 1. The zero-order chi connectivity index (χ0) is 13.7. The number of nitrogens with one attached hydrogen (secondary N) is 2. The van der Waals surface area contributed by atoms with E-state index >= 15 is 0 Å². The van der Waals surface area contributed by atoms with Gasteiger partial charge in [0.1, 0.15) is 11.6 Å². The summed E-state index contributed by atoms with van der Waals surface area (Å²) < 4.78 is 26.2. The van der Waals surface area contributed by atoms with E-state index in [-0.39, 0.29) is 18.1 Å². The van der Waals surface area contributed by atoms with Gasteiger partial charge in [0.2, 0.25) is 5.91 Å². The molecule has 0 saturated heterocycles. The molecule has 0 bridgehead atoms. The molecule has 0 atom stereocenters. The molecule has 0 aliphatic rings. The van der Waals surface area contributed by atoms with Crippen molar-refractivity contribution < 1.29 is 13.6 Å². The van der Waals surface area contributed by atoms with Crippen LogP contribution >= 0.6 is 11.3 Å². The molecule has 6 heteroatoms. The SMILES string of the molecule is O=C(CNc1cc(F)ccc1F)NCc1cccs1. The van der Waals surface area contributed by atoms with Crippen LogP contribution in [-0.2, 0) is 11.3 Å². The van der Waals surface area contributed by atoms with Gasteiger partial charge in [-0.3, -0.25) is 4.79 Å². The van der Waals surface area contributed by atoms with Gasteiger partial charge in [-0.1, -0.05) is 6.07 Å². The second-order valence-corrected chi connectivity index (χ2v) is 4.87. The predicted octanol–water partition coefficient (Wildman–Crippen LogP) is 2.75. The Balaban J connectivity index is 1.81. The first-order valence-corrected chi connectivity index (χ1v) is 6.51. The van der Waals surface area contributed by atoms with Crippen LogP contribution in [0.4, 0.5) is 14.5 Å². The number of rotatable bonds is 5. The van der Waals surface area contributed by atoms with Gasteiger partial charge in [0.05, 0.1) is 18.8 Å². The summed E-state index contributed by atoms with van der Waals surface area (Å²) in [5.41, 5.74) is -0.0220. The van der Waals surface area contributed by atoms with Crippen molar-refractivity contribution in [2.24, 2.45) is 0 Å². The van der Waals surface area contributed by atoms with Crippen LogP contribution in [0.3, 0.4) is 0 Å². The Morgan fingerprint density at radius 2 is 2.11 bits per heavy atom. The lowest BCUT2D eigenvalue weighted by Crippen LogP contribution is -2.29. The third kappa shape index (κ3) is 4.03. The molecule has 1 aromatic carbocycles. The van der Waals surface area contributed by atoms with Gasteiger partial charge in [0, 0.05) is 4.88 Å². The molecule has 0 radical (unpaired) electrons. The van der Waals surface area contributed by atoms with Crippen LogP contribution in [-0.4, -0.2) is 12.5 Å². The zero-order valence-corrected chi connectivity index (χ0v) is 10.8. The van der Waals surface area contributed by atoms with Crippen molar-refractivity contribution in [1.82, 2.24) is 5.32 Å². The highest BCUT2D eigenvalue weighted by Crippen LogP contribution is 2.14. The van der Waals surface area contributed by atoms with E-state index < -0.39 is 11.6 Å². The molecule has 0 fully saturated rings. The molecule has 0 unspecified atom stereocenters. The molecule has 100 valence electrons. The minimum absolute atomic E-state index is 0.0220. The maximum atomic E-state index is 13.3. The Bertz CT molecular complexity index is 558. The topological polar surface area (TPSA) is 41.1 Å². The van der Waals surface area contributed by atoms with Crippen LogP contribution in [0.25, 0.3) is 0 Å². The number of amides is 1. The number of thiophene rings is 1. The molecule has 1 heterocycles. The van der Waals surface area contributed by atoms with Gasteiger partial charge < -0.3 is 10.6 Å². The van der Waals surface area contributed by atoms with Crippen LogP contribution in [0.5, 0.6) is 0 Å². The molecule has 2 rings (SSSR count). The highest BCUT2D eigenvalue weighted by Gasteiger charge is 2.06. The summed E-state index contributed by atoms with van der Waals surface area (Å²) in [5.74, 6) is -1.42. The first kappa shape index (κ1) is 13.5. The van der Waals surface area contributed by atoms with Crippen molar-refractivity contribution >= 4 is 22.9 Å². The van der Waals surface area contributed by atoms with Gasteiger partial charge in [0.15, 0.2) is 0 Å². The normalized spacial score (nSPS) is 10.2. The quantitative estimate of drug-likeness (QED) is 0.885. The number of hydrogen-bond donors (Lipinski definition) is 2. The number of halogens is 2. The lowest BCUT2D eigenvalue weighted by molar-refractivity contribution is -0.119. The summed E-state index contributed by atoms with van der Waals surface area (Å²) in [4.78, 5) is 12.6. The summed E-state index contributed by atoms with van der Waals surface area (Å²) >= 11 is 1.54. The van der Waals surface area contributed by atoms with Crippen molar-refractivity contribution in [3.8, 4) is 0 Å². The lowest BCUT2D eigenvalue weighted by Gasteiger charge is -2.08. The predicted molar refractivity (Wildman–Crippen MR) is 71.0 cm³/mol. The number of carbonyl (C=O) groups excluding carboxylic acids is 1. The smallest absolute Gasteiger partial charge is 0.239 e. The standard InChI is InChI=1S/C13H12F2N2OS/c14-9-3-4-11(15)12(6-9)16-8-13(18)17-7-10-2-1-5-19-10/h1-6,16H,7-8H2,(H,17,18). The molecule has 2 aromatic rings. The van der Waals surface area contributed by atoms with Crippen LogP contribution in [0.2, 0.25) is 0 Å². The zero-order valence-electron chi connectivity index (χ0n) is 9.95. The van der Waals surface area contributed by atoms with Gasteiger partial charge in [-0.05, 0) is 29.6 Å². The fourth-order valence-corrected chi connectivity index (χ4v) is 2.11. The first-order valence-electron chi connectivity index (χ1n) is 5.63. The number of hydrogen-bond acceptors (Lipinski definition) is 3. The summed E-state index contributed by atoms with van der Waals surface area (Å²) in [6.45, 7) is 0.329. The van der Waals surface area contributed by atoms with Crippen molar-refractivity contribution in [3.63, 3.8) is 0 Å². The van der Waals surface area contributed by atoms with Crippen molar-refractivity contribution in [1.29, 1.82) is 0 Å². The fourth-order valence-electron chi connectivity index (χ4n) is 1.47. The Morgan fingerprint density at radius 1 is 1.26 bits per heavy atom. The number of carbonyl (C=O) groups is 1. The Kier molecular flexibility index (Phi) is 4.46. The van der Waals surface area contributed by atoms with Crippen LogP contribution in [0.1, 0.15) is 4.88 Å². The number of anilines is 1. The molecule has 2 N–H and O–H groups in total. The molecular weight excluding hydrogens is 270 g/mol. The molecule has 3 nitrogen and oxygen atoms in total. The van der Waals surface area contributed by atoms with E-state index in [2.05, 4.69) is 10.6 Å². The van der Waals surface area contributed by atoms with Crippen molar-refractivity contribution in [3.05, 3.63) is 52.2 Å². The second-order valence-electron chi connectivity index (χ2n) is 3.83. The average molecular weight is 282 g/mol. The first-order chi connectivity index (χ1) is 9.15. The van der Waals surface area contributed by atoms with E-state index in [9.17, 15) is 13.6 Å². The van der Waals surface area contributed by atoms with Gasteiger partial charge in [-0.2, -0.15) is 0 Å². The highest BCUT2D eigenvalue weighted by atomic mass is 32.1. The lowest BCUT2D eigenvalue weighted by atomic mass is 10.3. The van der Waals surface area contributed by atoms with E-state index in [0.29, 0.717) is 6.54 Å². The monoisotopic (exact) mass is 282 g/mol. The van der Waals surface area contributed by atoms with E-state index in [1.807, 2.05) is 17.5 Å². The van der Waals surface area contributed by atoms with Gasteiger partial charge in [-0.15, -0.1) is 11.3 Å². The van der Waals surface area contributed by atoms with Gasteiger partial charge in [-0.25, -0.2) is 8.78 Å². The molecule has 0 saturated carbocycles. The fraction of sp³-hybridized carbons (Fsp3) is 0.154. The molecule has 19 heavy (non-hydrogen) atoms. The molecular formula is C13H12F2N2OS. The van der Waals surface area contributed by atoms with Gasteiger partial charge in [0.25, 0.3) is 0 Å². The molecule has 0 aliphatic heterocycles. The summed E-state index contributed by atoms with van der Waals surface area (Å²) in [7, 11) is 0. The second kappa shape index (κ2) is 6.29. The molecule has 1 amide bonds. The van der Waals surface area contributed by atoms with Crippen LogP contribution < -0.4 is 10.6 Å². The minimum Gasteiger partial charge on any atom is -0.374 e. The maximum Gasteiger partial charge on any atom is 0.239 e. The third-order valence-electron chi connectivity index (χ3n) is 2.41. The molecule has 1 aromatic heterocycles. The highest BCUT2D eigenvalue weighted by molar-refractivity contribution is 7.09. The van der Waals surface area contributed by atoms with Crippen LogP contribution in [0.15, 0.2) is 35.7 Å². The van der Waals surface area contributed by atoms with E-state index in [1.165, 1.54) is 11.3 Å². The molecule has 0 aliphatic carbocycles. The van der Waals surface area contributed by atoms with E-state index in [1.54, 1.807) is 0 Å². The maximum absolute atomic E-state index is 13.3. The van der Waals surface area contributed by atoms with Crippen molar-refractivity contribution in [2.75, 3.05) is 11.9 Å². The summed E-state index contributed by atoms with van der Waals surface area (Å²) in [6.07, 6.45) is 0. The third-order valence-corrected chi connectivity index (χ3v) is 3.28. The largest absolute Gasteiger partial charge is 0.374 e. The Hall–Kier alpha value is -1.95. The van der Waals surface area contributed by atoms with Crippen molar-refractivity contribution in [2.45, 2.75) is 6.54 Å². The average Bonchev–Trinajstić information content (AvgIpc) is 2.90. The summed E-state index contributed by atoms with van der Waals surface area (Å²) in [6, 6.07) is 6.86. The van der Waals surface area contributed by atoms with Gasteiger partial charge >= 0.3 is 0 Å².